The van der Waals surface area contributed by atoms with Crippen LogP contribution in [-0.4, -0.2) is 17.4 Å². The second-order valence-electron chi connectivity index (χ2n) is 4.50. The first kappa shape index (κ1) is 15.8. The molecule has 0 fully saturated rings. The van der Waals surface area contributed by atoms with Crippen LogP contribution in [0, 0.1) is 0 Å². The summed E-state index contributed by atoms with van der Waals surface area (Å²) < 4.78 is 0. The molecule has 1 atom stereocenters. The number of nitrogens with zero attached hydrogens (tertiary/aromatic N) is 1. The van der Waals surface area contributed by atoms with Crippen molar-refractivity contribution in [1.82, 2.24) is 10.3 Å². The predicted molar refractivity (Wildman–Crippen MR) is 85.7 cm³/mol. The van der Waals surface area contributed by atoms with E-state index >= 15 is 0 Å². The van der Waals surface area contributed by atoms with Crippen LogP contribution < -0.4 is 10.6 Å². The van der Waals surface area contributed by atoms with E-state index in [1.54, 1.807) is 24.4 Å². The van der Waals surface area contributed by atoms with Gasteiger partial charge in [0, 0.05) is 12.2 Å². The Hall–Kier alpha value is -1.62. The fourth-order valence-corrected chi connectivity index (χ4v) is 2.28. The van der Waals surface area contributed by atoms with Crippen molar-refractivity contribution >= 4 is 34.8 Å². The van der Waals surface area contributed by atoms with Crippen molar-refractivity contribution in [3.05, 3.63) is 58.3 Å². The van der Waals surface area contributed by atoms with Gasteiger partial charge in [0.25, 0.3) is 0 Å². The quantitative estimate of drug-likeness (QED) is 0.882. The summed E-state index contributed by atoms with van der Waals surface area (Å²) in [6.07, 6.45) is 1.72. The summed E-state index contributed by atoms with van der Waals surface area (Å²) in [6.45, 7) is 2.08. The average molecular weight is 324 g/mol. The highest BCUT2D eigenvalue weighted by molar-refractivity contribution is 6.39. The highest BCUT2D eigenvalue weighted by Crippen LogP contribution is 2.29. The summed E-state index contributed by atoms with van der Waals surface area (Å²) >= 11 is 12.0. The lowest BCUT2D eigenvalue weighted by molar-refractivity contribution is -0.115. The second-order valence-corrected chi connectivity index (χ2v) is 5.32. The van der Waals surface area contributed by atoms with E-state index in [-0.39, 0.29) is 18.5 Å². The molecule has 1 heterocycles. The third-order valence-corrected chi connectivity index (χ3v) is 3.56. The molecule has 6 heteroatoms. The summed E-state index contributed by atoms with van der Waals surface area (Å²) in [5.74, 6) is -0.215. The molecule has 2 N–H and O–H groups in total. The molecule has 110 valence electrons. The van der Waals surface area contributed by atoms with Crippen LogP contribution in [0.4, 0.5) is 5.69 Å². The highest BCUT2D eigenvalue weighted by atomic mass is 35.5. The van der Waals surface area contributed by atoms with E-state index in [0.29, 0.717) is 15.7 Å². The zero-order valence-corrected chi connectivity index (χ0v) is 12.9. The zero-order chi connectivity index (χ0) is 15.2. The van der Waals surface area contributed by atoms with E-state index in [4.69, 9.17) is 23.2 Å². The van der Waals surface area contributed by atoms with E-state index in [1.807, 2.05) is 25.1 Å². The molecule has 0 aliphatic rings. The number of amides is 1. The third kappa shape index (κ3) is 4.43. The number of rotatable bonds is 5. The first-order valence-corrected chi connectivity index (χ1v) is 7.21. The minimum absolute atomic E-state index is 0.0290. The van der Waals surface area contributed by atoms with E-state index in [0.717, 1.165) is 5.69 Å². The molecule has 0 radical (unpaired) electrons. The number of anilines is 1. The molecule has 0 saturated carbocycles. The van der Waals surface area contributed by atoms with Gasteiger partial charge in [0.2, 0.25) is 5.91 Å². The van der Waals surface area contributed by atoms with Crippen molar-refractivity contribution in [3.8, 4) is 0 Å². The van der Waals surface area contributed by atoms with Gasteiger partial charge in [0.15, 0.2) is 0 Å². The maximum atomic E-state index is 11.9. The number of hydrogen-bond acceptors (Lipinski definition) is 3. The Kier molecular flexibility index (Phi) is 5.56. The van der Waals surface area contributed by atoms with Crippen molar-refractivity contribution in [2.75, 3.05) is 11.9 Å². The SMILES string of the molecule is C[C@@H](NCC(=O)Nc1c(Cl)cccc1Cl)c1ccccn1. The Bertz CT molecular complexity index is 599. The Labute approximate surface area is 133 Å². The number of benzene rings is 1. The van der Waals surface area contributed by atoms with Gasteiger partial charge >= 0.3 is 0 Å². The third-order valence-electron chi connectivity index (χ3n) is 2.93. The number of nitrogens with one attached hydrogen (secondary N) is 2. The lowest BCUT2D eigenvalue weighted by Crippen LogP contribution is -2.30. The van der Waals surface area contributed by atoms with Crippen LogP contribution in [0.1, 0.15) is 18.7 Å². The molecular formula is C15H15Cl2N3O. The van der Waals surface area contributed by atoms with Crippen LogP contribution in [0.5, 0.6) is 0 Å². The molecule has 1 amide bonds. The van der Waals surface area contributed by atoms with Gasteiger partial charge in [0.1, 0.15) is 0 Å². The Morgan fingerprint density at radius 2 is 1.90 bits per heavy atom. The van der Waals surface area contributed by atoms with E-state index in [2.05, 4.69) is 15.6 Å². The summed E-state index contributed by atoms with van der Waals surface area (Å²) in [6, 6.07) is 10.7. The molecule has 0 bridgehead atoms. The first-order chi connectivity index (χ1) is 10.1. The second kappa shape index (κ2) is 7.41. The number of hydrogen-bond donors (Lipinski definition) is 2. The molecule has 0 spiro atoms. The largest absolute Gasteiger partial charge is 0.322 e. The van der Waals surface area contributed by atoms with Crippen molar-refractivity contribution in [1.29, 1.82) is 0 Å². The predicted octanol–water partition coefficient (Wildman–Crippen LogP) is 3.68. The van der Waals surface area contributed by atoms with Crippen LogP contribution >= 0.6 is 23.2 Å². The molecule has 2 rings (SSSR count). The number of halogens is 2. The monoisotopic (exact) mass is 323 g/mol. The van der Waals surface area contributed by atoms with Gasteiger partial charge in [-0.2, -0.15) is 0 Å². The van der Waals surface area contributed by atoms with Crippen molar-refractivity contribution in [2.45, 2.75) is 13.0 Å². The van der Waals surface area contributed by atoms with Crippen molar-refractivity contribution in [3.63, 3.8) is 0 Å². The van der Waals surface area contributed by atoms with Crippen LogP contribution in [0.25, 0.3) is 0 Å². The number of carbonyl (C=O) groups excluding carboxylic acids is 1. The fraction of sp³-hybridized carbons (Fsp3) is 0.200. The summed E-state index contributed by atoms with van der Waals surface area (Å²) in [4.78, 5) is 16.2. The molecule has 0 unspecified atom stereocenters. The minimum atomic E-state index is -0.215. The summed E-state index contributed by atoms with van der Waals surface area (Å²) in [7, 11) is 0. The van der Waals surface area contributed by atoms with E-state index in [1.165, 1.54) is 0 Å². The first-order valence-electron chi connectivity index (χ1n) is 6.46. The summed E-state index contributed by atoms with van der Waals surface area (Å²) in [5, 5.41) is 6.62. The Morgan fingerprint density at radius 1 is 1.19 bits per heavy atom. The van der Waals surface area contributed by atoms with Crippen LogP contribution in [0.2, 0.25) is 10.0 Å². The van der Waals surface area contributed by atoms with Crippen molar-refractivity contribution in [2.24, 2.45) is 0 Å². The standard InChI is InChI=1S/C15H15Cl2N3O/c1-10(13-7-2-3-8-18-13)19-9-14(21)20-15-11(16)5-4-6-12(15)17/h2-8,10,19H,9H2,1H3,(H,20,21)/t10-/m1/s1. The molecule has 2 aromatic rings. The maximum Gasteiger partial charge on any atom is 0.238 e. The van der Waals surface area contributed by atoms with Gasteiger partial charge in [-0.25, -0.2) is 0 Å². The molecule has 1 aromatic carbocycles. The Balaban J connectivity index is 1.91. The maximum absolute atomic E-state index is 11.9. The number of pyridine rings is 1. The summed E-state index contributed by atoms with van der Waals surface area (Å²) in [5.41, 5.74) is 1.30. The van der Waals surface area contributed by atoms with Crippen LogP contribution in [0.3, 0.4) is 0 Å². The van der Waals surface area contributed by atoms with Gasteiger partial charge in [-0.05, 0) is 31.2 Å². The highest BCUT2D eigenvalue weighted by Gasteiger charge is 2.11. The van der Waals surface area contributed by atoms with Gasteiger partial charge in [0.05, 0.1) is 28.0 Å². The molecule has 0 aliphatic heterocycles. The van der Waals surface area contributed by atoms with Crippen molar-refractivity contribution < 1.29 is 4.79 Å². The zero-order valence-electron chi connectivity index (χ0n) is 11.4. The normalized spacial score (nSPS) is 12.0. The fourth-order valence-electron chi connectivity index (χ4n) is 1.78. The van der Waals surface area contributed by atoms with E-state index < -0.39 is 0 Å². The molecule has 1 aromatic heterocycles. The Morgan fingerprint density at radius 3 is 2.52 bits per heavy atom. The average Bonchev–Trinajstić information content (AvgIpc) is 2.49. The van der Waals surface area contributed by atoms with Gasteiger partial charge in [-0.1, -0.05) is 35.3 Å². The van der Waals surface area contributed by atoms with Crippen LogP contribution in [-0.2, 0) is 4.79 Å². The molecular weight excluding hydrogens is 309 g/mol. The van der Waals surface area contributed by atoms with Gasteiger partial charge < -0.3 is 10.6 Å². The van der Waals surface area contributed by atoms with Crippen LogP contribution in [0.15, 0.2) is 42.6 Å². The van der Waals surface area contributed by atoms with E-state index in [9.17, 15) is 4.79 Å². The molecule has 21 heavy (non-hydrogen) atoms. The number of carbonyl (C=O) groups is 1. The molecule has 0 aliphatic carbocycles. The smallest absolute Gasteiger partial charge is 0.238 e. The minimum Gasteiger partial charge on any atom is -0.322 e. The lowest BCUT2D eigenvalue weighted by atomic mass is 10.2. The van der Waals surface area contributed by atoms with Gasteiger partial charge in [-0.15, -0.1) is 0 Å². The lowest BCUT2D eigenvalue weighted by Gasteiger charge is -2.14. The van der Waals surface area contributed by atoms with Gasteiger partial charge in [-0.3, -0.25) is 9.78 Å². The number of aromatic nitrogens is 1. The molecule has 4 nitrogen and oxygen atoms in total. The molecule has 0 saturated heterocycles. The topological polar surface area (TPSA) is 54.0 Å². The number of para-hydroxylation sites is 1.